The van der Waals surface area contributed by atoms with E-state index in [1.807, 2.05) is 0 Å². The maximum Gasteiger partial charge on any atom is 0.0308 e. The maximum absolute atomic E-state index is 6.06. The summed E-state index contributed by atoms with van der Waals surface area (Å²) in [6.07, 6.45) is 6.78. The first-order chi connectivity index (χ1) is 7.53. The Kier molecular flexibility index (Phi) is 5.26. The van der Waals surface area contributed by atoms with Gasteiger partial charge < -0.3 is 5.73 Å². The van der Waals surface area contributed by atoms with Crippen LogP contribution < -0.4 is 5.73 Å². The van der Waals surface area contributed by atoms with Gasteiger partial charge in [-0.2, -0.15) is 0 Å². The molecule has 1 fully saturated rings. The molecular formula is C14H30N2. The molecule has 0 bridgehead atoms. The van der Waals surface area contributed by atoms with E-state index >= 15 is 0 Å². The summed E-state index contributed by atoms with van der Waals surface area (Å²) in [5.74, 6) is 0.726. The zero-order valence-electron chi connectivity index (χ0n) is 11.6. The quantitative estimate of drug-likeness (QED) is 0.754. The van der Waals surface area contributed by atoms with Crippen LogP contribution >= 0.6 is 0 Å². The lowest BCUT2D eigenvalue weighted by molar-refractivity contribution is 0.0520. The summed E-state index contributed by atoms with van der Waals surface area (Å²) in [6, 6.07) is 0.789. The lowest BCUT2D eigenvalue weighted by Gasteiger charge is -2.45. The first-order valence-corrected chi connectivity index (χ1v) is 7.00. The molecule has 2 nitrogen and oxygen atoms in total. The molecular weight excluding hydrogens is 196 g/mol. The van der Waals surface area contributed by atoms with E-state index in [1.165, 1.54) is 32.1 Å². The SMILES string of the molecule is CCN(C1CCCC1)C(C)(CN)CC(C)C. The van der Waals surface area contributed by atoms with E-state index < -0.39 is 0 Å². The molecule has 16 heavy (non-hydrogen) atoms. The molecule has 1 saturated carbocycles. The van der Waals surface area contributed by atoms with Gasteiger partial charge in [0.05, 0.1) is 0 Å². The topological polar surface area (TPSA) is 29.3 Å². The fourth-order valence-corrected chi connectivity index (χ4v) is 3.49. The van der Waals surface area contributed by atoms with Crippen LogP contribution in [-0.2, 0) is 0 Å². The molecule has 1 unspecified atom stereocenters. The third-order valence-electron chi connectivity index (χ3n) is 4.09. The second-order valence-electron chi connectivity index (χ2n) is 6.02. The highest BCUT2D eigenvalue weighted by Gasteiger charge is 2.35. The zero-order chi connectivity index (χ0) is 12.2. The van der Waals surface area contributed by atoms with Gasteiger partial charge >= 0.3 is 0 Å². The first-order valence-electron chi connectivity index (χ1n) is 7.00. The highest BCUT2D eigenvalue weighted by Crippen LogP contribution is 2.32. The summed E-state index contributed by atoms with van der Waals surface area (Å²) in [6.45, 7) is 11.2. The fraction of sp³-hybridized carbons (Fsp3) is 1.00. The fourth-order valence-electron chi connectivity index (χ4n) is 3.49. The van der Waals surface area contributed by atoms with E-state index in [9.17, 15) is 0 Å². The van der Waals surface area contributed by atoms with Gasteiger partial charge in [0.2, 0.25) is 0 Å². The first kappa shape index (κ1) is 14.0. The van der Waals surface area contributed by atoms with Gasteiger partial charge in [-0.1, -0.05) is 33.6 Å². The van der Waals surface area contributed by atoms with Crippen LogP contribution in [0.15, 0.2) is 0 Å². The van der Waals surface area contributed by atoms with Crippen LogP contribution in [0.3, 0.4) is 0 Å². The molecule has 1 atom stereocenters. The summed E-state index contributed by atoms with van der Waals surface area (Å²) in [4.78, 5) is 2.68. The number of likely N-dealkylation sites (N-methyl/N-ethyl adjacent to an activating group) is 1. The summed E-state index contributed by atoms with van der Waals surface area (Å²) in [5.41, 5.74) is 6.26. The summed E-state index contributed by atoms with van der Waals surface area (Å²) in [5, 5.41) is 0. The predicted octanol–water partition coefficient (Wildman–Crippen LogP) is 3.01. The highest BCUT2D eigenvalue weighted by molar-refractivity contribution is 4.93. The van der Waals surface area contributed by atoms with Gasteiger partial charge in [0.25, 0.3) is 0 Å². The molecule has 1 rings (SSSR count). The molecule has 0 spiro atoms. The van der Waals surface area contributed by atoms with E-state index in [4.69, 9.17) is 5.73 Å². The molecule has 0 aromatic rings. The average molecular weight is 226 g/mol. The molecule has 0 amide bonds. The smallest absolute Gasteiger partial charge is 0.0308 e. The van der Waals surface area contributed by atoms with Crippen LogP contribution in [0.1, 0.15) is 59.8 Å². The van der Waals surface area contributed by atoms with Crippen molar-refractivity contribution in [2.75, 3.05) is 13.1 Å². The van der Waals surface area contributed by atoms with Crippen LogP contribution in [0.5, 0.6) is 0 Å². The number of rotatable bonds is 6. The second-order valence-corrected chi connectivity index (χ2v) is 6.02. The molecule has 0 aliphatic heterocycles. The van der Waals surface area contributed by atoms with Crippen molar-refractivity contribution in [3.8, 4) is 0 Å². The lowest BCUT2D eigenvalue weighted by atomic mass is 9.87. The Labute approximate surface area is 102 Å². The third kappa shape index (κ3) is 3.21. The van der Waals surface area contributed by atoms with Gasteiger partial charge in [-0.15, -0.1) is 0 Å². The van der Waals surface area contributed by atoms with Gasteiger partial charge in [-0.3, -0.25) is 4.90 Å². The van der Waals surface area contributed by atoms with Crippen LogP contribution in [0.2, 0.25) is 0 Å². The predicted molar refractivity (Wildman–Crippen MR) is 71.6 cm³/mol. The van der Waals surface area contributed by atoms with Crippen molar-refractivity contribution in [1.82, 2.24) is 4.90 Å². The monoisotopic (exact) mass is 226 g/mol. The molecule has 0 aromatic carbocycles. The van der Waals surface area contributed by atoms with Gasteiger partial charge in [0.15, 0.2) is 0 Å². The number of hydrogen-bond acceptors (Lipinski definition) is 2. The number of nitrogens with two attached hydrogens (primary N) is 1. The highest BCUT2D eigenvalue weighted by atomic mass is 15.2. The Bertz CT molecular complexity index is 197. The van der Waals surface area contributed by atoms with Crippen LogP contribution in [0.4, 0.5) is 0 Å². The largest absolute Gasteiger partial charge is 0.329 e. The Morgan fingerprint density at radius 1 is 1.31 bits per heavy atom. The Morgan fingerprint density at radius 3 is 2.25 bits per heavy atom. The molecule has 0 saturated heterocycles. The van der Waals surface area contributed by atoms with Crippen molar-refractivity contribution in [1.29, 1.82) is 0 Å². The Balaban J connectivity index is 2.72. The van der Waals surface area contributed by atoms with Crippen molar-refractivity contribution in [2.24, 2.45) is 11.7 Å². The van der Waals surface area contributed by atoms with E-state index in [0.717, 1.165) is 25.0 Å². The average Bonchev–Trinajstić information content (AvgIpc) is 2.71. The summed E-state index contributed by atoms with van der Waals surface area (Å²) < 4.78 is 0. The van der Waals surface area contributed by atoms with E-state index in [0.29, 0.717) is 0 Å². The molecule has 0 radical (unpaired) electrons. The van der Waals surface area contributed by atoms with Crippen molar-refractivity contribution < 1.29 is 0 Å². The summed E-state index contributed by atoms with van der Waals surface area (Å²) in [7, 11) is 0. The Hall–Kier alpha value is -0.0800. The van der Waals surface area contributed by atoms with E-state index in [1.54, 1.807) is 0 Å². The minimum Gasteiger partial charge on any atom is -0.329 e. The molecule has 2 heteroatoms. The summed E-state index contributed by atoms with van der Waals surface area (Å²) >= 11 is 0. The molecule has 1 aliphatic rings. The lowest BCUT2D eigenvalue weighted by Crippen LogP contribution is -2.55. The molecule has 1 aliphatic carbocycles. The van der Waals surface area contributed by atoms with Gasteiger partial charge in [0.1, 0.15) is 0 Å². The minimum absolute atomic E-state index is 0.206. The minimum atomic E-state index is 0.206. The van der Waals surface area contributed by atoms with Gasteiger partial charge in [-0.05, 0) is 38.6 Å². The number of nitrogens with zero attached hydrogens (tertiary/aromatic N) is 1. The van der Waals surface area contributed by atoms with Crippen molar-refractivity contribution >= 4 is 0 Å². The van der Waals surface area contributed by atoms with Crippen LogP contribution in [0.25, 0.3) is 0 Å². The van der Waals surface area contributed by atoms with E-state index in [-0.39, 0.29) is 5.54 Å². The van der Waals surface area contributed by atoms with Crippen molar-refractivity contribution in [3.05, 3.63) is 0 Å². The molecule has 0 aromatic heterocycles. The third-order valence-corrected chi connectivity index (χ3v) is 4.09. The molecule has 2 N–H and O–H groups in total. The molecule has 96 valence electrons. The van der Waals surface area contributed by atoms with Gasteiger partial charge in [-0.25, -0.2) is 0 Å². The standard InChI is InChI=1S/C14H30N2/c1-5-16(13-8-6-7-9-13)14(4,11-15)10-12(2)3/h12-13H,5-11,15H2,1-4H3. The molecule has 0 heterocycles. The van der Waals surface area contributed by atoms with Crippen LogP contribution in [0, 0.1) is 5.92 Å². The van der Waals surface area contributed by atoms with Gasteiger partial charge in [0, 0.05) is 18.1 Å². The zero-order valence-corrected chi connectivity index (χ0v) is 11.6. The maximum atomic E-state index is 6.06. The second kappa shape index (κ2) is 6.02. The normalized spacial score (nSPS) is 21.9. The van der Waals surface area contributed by atoms with E-state index in [2.05, 4.69) is 32.6 Å². The Morgan fingerprint density at radius 2 is 1.88 bits per heavy atom. The van der Waals surface area contributed by atoms with Crippen molar-refractivity contribution in [2.45, 2.75) is 71.4 Å². The van der Waals surface area contributed by atoms with Crippen LogP contribution in [-0.4, -0.2) is 29.6 Å². The van der Waals surface area contributed by atoms with Crippen molar-refractivity contribution in [3.63, 3.8) is 0 Å². The number of hydrogen-bond donors (Lipinski definition) is 1.